The minimum absolute atomic E-state index is 0.0330. The second kappa shape index (κ2) is 11.3. The summed E-state index contributed by atoms with van der Waals surface area (Å²) in [5.74, 6) is -0.115. The highest BCUT2D eigenvalue weighted by molar-refractivity contribution is 5.78. The predicted molar refractivity (Wildman–Crippen MR) is 127 cm³/mol. The maximum atomic E-state index is 12.9. The van der Waals surface area contributed by atoms with Gasteiger partial charge in [-0.05, 0) is 25.0 Å². The first-order valence-electron chi connectivity index (χ1n) is 10.8. The molecule has 0 saturated heterocycles. The van der Waals surface area contributed by atoms with Gasteiger partial charge < -0.3 is 29.1 Å². The molecule has 0 spiro atoms. The minimum Gasteiger partial charge on any atom is -0.507 e. The van der Waals surface area contributed by atoms with Crippen LogP contribution in [0.25, 0.3) is 0 Å². The summed E-state index contributed by atoms with van der Waals surface area (Å²) in [6, 6.07) is 14.5. The van der Waals surface area contributed by atoms with Gasteiger partial charge in [-0.3, -0.25) is 4.79 Å². The number of rotatable bonds is 10. The first-order chi connectivity index (χ1) is 16.4. The van der Waals surface area contributed by atoms with Crippen molar-refractivity contribution in [2.45, 2.75) is 25.7 Å². The van der Waals surface area contributed by atoms with Crippen LogP contribution in [0.5, 0.6) is 23.0 Å². The van der Waals surface area contributed by atoms with Crippen molar-refractivity contribution in [2.75, 3.05) is 27.9 Å². The Labute approximate surface area is 198 Å². The molecule has 0 fully saturated rings. The summed E-state index contributed by atoms with van der Waals surface area (Å²) in [5.41, 5.74) is 0.813. The van der Waals surface area contributed by atoms with Gasteiger partial charge in [-0.25, -0.2) is 4.79 Å². The van der Waals surface area contributed by atoms with Crippen LogP contribution >= 0.6 is 0 Å². The average Bonchev–Trinajstić information content (AvgIpc) is 2.82. The van der Waals surface area contributed by atoms with Crippen LogP contribution in [0.15, 0.2) is 57.7 Å². The van der Waals surface area contributed by atoms with Gasteiger partial charge in [0.05, 0.1) is 26.9 Å². The molecule has 0 radical (unpaired) electrons. The van der Waals surface area contributed by atoms with E-state index < -0.39 is 11.5 Å². The number of ether oxygens (including phenoxy) is 3. The zero-order chi connectivity index (χ0) is 24.7. The highest BCUT2D eigenvalue weighted by Gasteiger charge is 2.30. The van der Waals surface area contributed by atoms with E-state index in [1.54, 1.807) is 19.1 Å². The maximum absolute atomic E-state index is 12.9. The van der Waals surface area contributed by atoms with Crippen molar-refractivity contribution in [1.82, 2.24) is 5.32 Å². The number of aromatic hydroxyl groups is 1. The Kier molecular flexibility index (Phi) is 8.19. The highest BCUT2D eigenvalue weighted by atomic mass is 16.5. The van der Waals surface area contributed by atoms with E-state index in [-0.39, 0.29) is 29.4 Å². The van der Waals surface area contributed by atoms with Crippen LogP contribution in [0, 0.1) is 6.92 Å². The third-order valence-electron chi connectivity index (χ3n) is 5.52. The number of carbonyl (C=O) groups is 1. The van der Waals surface area contributed by atoms with Gasteiger partial charge in [0.15, 0.2) is 11.5 Å². The Balaban J connectivity index is 1.98. The molecule has 0 bridgehead atoms. The molecule has 1 amide bonds. The zero-order valence-corrected chi connectivity index (χ0v) is 19.7. The van der Waals surface area contributed by atoms with Crippen molar-refractivity contribution >= 4 is 5.91 Å². The topological polar surface area (TPSA) is 107 Å². The molecule has 2 N–H and O–H groups in total. The second-order valence-corrected chi connectivity index (χ2v) is 7.71. The fourth-order valence-corrected chi connectivity index (χ4v) is 3.94. The Bertz CT molecular complexity index is 1190. The summed E-state index contributed by atoms with van der Waals surface area (Å²) >= 11 is 0. The van der Waals surface area contributed by atoms with E-state index in [0.717, 1.165) is 5.56 Å². The third kappa shape index (κ3) is 5.51. The van der Waals surface area contributed by atoms with Crippen LogP contribution in [-0.4, -0.2) is 38.9 Å². The van der Waals surface area contributed by atoms with E-state index in [1.165, 1.54) is 27.4 Å². The van der Waals surface area contributed by atoms with E-state index in [4.69, 9.17) is 18.6 Å². The SMILES string of the molecule is COc1ccc([C@@H](CC(=O)NCCc2ccccc2)c2c(O)cc(C)oc2=O)c(OC)c1OC. The van der Waals surface area contributed by atoms with E-state index in [9.17, 15) is 14.7 Å². The Morgan fingerprint density at radius 2 is 1.74 bits per heavy atom. The van der Waals surface area contributed by atoms with Crippen LogP contribution in [0.1, 0.15) is 34.8 Å². The lowest BCUT2D eigenvalue weighted by Gasteiger charge is -2.22. The second-order valence-electron chi connectivity index (χ2n) is 7.71. The van der Waals surface area contributed by atoms with Gasteiger partial charge in [-0.15, -0.1) is 0 Å². The van der Waals surface area contributed by atoms with Gasteiger partial charge in [0.2, 0.25) is 11.7 Å². The van der Waals surface area contributed by atoms with Crippen molar-refractivity contribution < 1.29 is 28.5 Å². The number of amides is 1. The highest BCUT2D eigenvalue weighted by Crippen LogP contribution is 2.45. The van der Waals surface area contributed by atoms with Gasteiger partial charge in [0.1, 0.15) is 11.5 Å². The molecule has 0 aliphatic rings. The molecule has 0 saturated carbocycles. The summed E-state index contributed by atoms with van der Waals surface area (Å²) in [5, 5.41) is 13.5. The molecule has 3 aromatic rings. The van der Waals surface area contributed by atoms with Crippen LogP contribution in [0.4, 0.5) is 0 Å². The van der Waals surface area contributed by atoms with Crippen molar-refractivity contribution in [1.29, 1.82) is 0 Å². The van der Waals surface area contributed by atoms with Gasteiger partial charge in [0.25, 0.3) is 0 Å². The van der Waals surface area contributed by atoms with E-state index in [1.807, 2.05) is 30.3 Å². The molecule has 3 rings (SSSR count). The molecule has 1 atom stereocenters. The number of methoxy groups -OCH3 is 3. The smallest absolute Gasteiger partial charge is 0.343 e. The van der Waals surface area contributed by atoms with E-state index in [2.05, 4.69) is 5.32 Å². The molecule has 1 heterocycles. The molecular formula is C26H29NO7. The first-order valence-corrected chi connectivity index (χ1v) is 10.8. The Morgan fingerprint density at radius 1 is 1.03 bits per heavy atom. The maximum Gasteiger partial charge on any atom is 0.343 e. The number of carbonyl (C=O) groups excluding carboxylic acids is 1. The molecule has 0 unspecified atom stereocenters. The molecule has 2 aromatic carbocycles. The summed E-state index contributed by atoms with van der Waals surface area (Å²) < 4.78 is 21.6. The summed E-state index contributed by atoms with van der Waals surface area (Å²) in [7, 11) is 4.41. The Hall–Kier alpha value is -3.94. The normalized spacial score (nSPS) is 11.5. The number of hydrogen-bond acceptors (Lipinski definition) is 7. The van der Waals surface area contributed by atoms with Crippen molar-refractivity contribution in [3.05, 3.63) is 81.4 Å². The lowest BCUT2D eigenvalue weighted by Crippen LogP contribution is -2.29. The standard InChI is InChI=1S/C26H29NO7/c1-16-14-20(28)23(26(30)34-16)19(15-22(29)27-13-12-17-8-6-5-7-9-17)18-10-11-21(31-2)25(33-4)24(18)32-3/h5-11,14,19,28H,12-13,15H2,1-4H3,(H,27,29)/t19-/m1/s1. The average molecular weight is 468 g/mol. The minimum atomic E-state index is -0.858. The molecule has 0 aliphatic carbocycles. The van der Waals surface area contributed by atoms with Crippen molar-refractivity contribution in [2.24, 2.45) is 0 Å². The molecule has 180 valence electrons. The Morgan fingerprint density at radius 3 is 2.35 bits per heavy atom. The van der Waals surface area contributed by atoms with Gasteiger partial charge in [0, 0.05) is 30.5 Å². The molecular weight excluding hydrogens is 438 g/mol. The molecule has 8 nitrogen and oxygen atoms in total. The van der Waals surface area contributed by atoms with Crippen molar-refractivity contribution in [3.63, 3.8) is 0 Å². The number of nitrogens with one attached hydrogen (secondary N) is 1. The number of hydrogen-bond donors (Lipinski definition) is 2. The van der Waals surface area contributed by atoms with Gasteiger partial charge in [-0.2, -0.15) is 0 Å². The molecule has 1 aromatic heterocycles. The monoisotopic (exact) mass is 467 g/mol. The predicted octanol–water partition coefficient (Wildman–Crippen LogP) is 3.56. The number of aryl methyl sites for hydroxylation is 1. The summed E-state index contributed by atoms with van der Waals surface area (Å²) in [6.45, 7) is 1.99. The largest absolute Gasteiger partial charge is 0.507 e. The summed E-state index contributed by atoms with van der Waals surface area (Å²) in [4.78, 5) is 25.7. The molecule has 8 heteroatoms. The lowest BCUT2D eigenvalue weighted by atomic mass is 9.87. The fourth-order valence-electron chi connectivity index (χ4n) is 3.94. The van der Waals surface area contributed by atoms with Gasteiger partial charge in [-0.1, -0.05) is 36.4 Å². The van der Waals surface area contributed by atoms with E-state index in [0.29, 0.717) is 35.8 Å². The van der Waals surface area contributed by atoms with Crippen LogP contribution < -0.4 is 25.2 Å². The van der Waals surface area contributed by atoms with Crippen molar-refractivity contribution in [3.8, 4) is 23.0 Å². The quantitative estimate of drug-likeness (QED) is 0.469. The third-order valence-corrected chi connectivity index (χ3v) is 5.52. The van der Waals surface area contributed by atoms with Crippen LogP contribution in [0.2, 0.25) is 0 Å². The lowest BCUT2D eigenvalue weighted by molar-refractivity contribution is -0.121. The zero-order valence-electron chi connectivity index (χ0n) is 19.7. The van der Waals surface area contributed by atoms with Crippen LogP contribution in [-0.2, 0) is 11.2 Å². The van der Waals surface area contributed by atoms with E-state index >= 15 is 0 Å². The summed E-state index contributed by atoms with van der Waals surface area (Å²) in [6.07, 6.45) is 0.539. The van der Waals surface area contributed by atoms with Crippen LogP contribution in [0.3, 0.4) is 0 Å². The van der Waals surface area contributed by atoms with Gasteiger partial charge >= 0.3 is 5.63 Å². The molecule has 34 heavy (non-hydrogen) atoms. The fraction of sp³-hybridized carbons (Fsp3) is 0.308. The first kappa shape index (κ1) is 24.7. The number of benzene rings is 2. The molecule has 0 aliphatic heterocycles.